The normalized spacial score (nSPS) is 51.8. The van der Waals surface area contributed by atoms with Crippen molar-refractivity contribution >= 4 is 11.6 Å². The maximum absolute atomic E-state index is 14.3. The van der Waals surface area contributed by atoms with Crippen LogP contribution in [0, 0.1) is 22.7 Å². The highest BCUT2D eigenvalue weighted by Crippen LogP contribution is 2.83. The zero-order chi connectivity index (χ0) is 26.7. The second-order valence-corrected chi connectivity index (χ2v) is 11.0. The lowest BCUT2D eigenvalue weighted by molar-refractivity contribution is -0.450. The Balaban J connectivity index is 1.93. The molecular weight excluding hydrogens is 464 g/mol. The largest absolute Gasteiger partial charge is 0.508 e. The summed E-state index contributed by atoms with van der Waals surface area (Å²) in [5.74, 6) is -9.12. The summed E-state index contributed by atoms with van der Waals surface area (Å²) in [7, 11) is 0. The van der Waals surface area contributed by atoms with Crippen molar-refractivity contribution in [1.29, 1.82) is 0 Å². The molecule has 3 aliphatic carbocycles. The molecule has 2 heterocycles. The van der Waals surface area contributed by atoms with Crippen LogP contribution in [0.3, 0.4) is 0 Å². The predicted octanol–water partition coefficient (Wildman–Crippen LogP) is 3.25. The van der Waals surface area contributed by atoms with Crippen molar-refractivity contribution in [2.24, 2.45) is 22.7 Å². The predicted molar refractivity (Wildman–Crippen MR) is 129 cm³/mol. The highest BCUT2D eigenvalue weighted by atomic mass is 16.8. The Bertz CT molecular complexity index is 1190. The van der Waals surface area contributed by atoms with Gasteiger partial charge in [-0.05, 0) is 53.7 Å². The summed E-state index contributed by atoms with van der Waals surface area (Å²) in [6.07, 6.45) is 12.6. The molecule has 8 bridgehead atoms. The first kappa shape index (κ1) is 24.9. The van der Waals surface area contributed by atoms with Crippen LogP contribution in [0.25, 0.3) is 0 Å². The fraction of sp³-hybridized carbons (Fsp3) is 0.500. The molecule has 3 saturated carbocycles. The van der Waals surface area contributed by atoms with Crippen molar-refractivity contribution < 1.29 is 39.5 Å². The van der Waals surface area contributed by atoms with Gasteiger partial charge in [0, 0.05) is 23.0 Å². The van der Waals surface area contributed by atoms with E-state index in [1.54, 1.807) is 50.3 Å². The standard InChI is InChI=1S/C28H32O8/c1-7-9-11-13-15(29)17-19-23(3)22(32)18(16(30)14-12-10-8-2)20-24(4,21(17)31)28(34)25(19,5)35-27(23,33)26(20,6)36-28/h7-14,19-20,29-30,33-34H,1-6H3/b9-7+,10-8+,13-11+,14-12+,17-15?,18-16?/t19-,20+,23-,24-,25-,26-,27+,28+/m0/s1. The molecule has 2 saturated heterocycles. The SMILES string of the molecule is C/C=C/C=C/C(O)=C1C(=O)[C@]2(C)[C@H]3C(=C(O)/C=C/C=C/C)C(=O)[C@]4(C)[C@H]1[C@]1(C)O[C@@]4(O)[C@@]3(C)O[C@@]12O. The number of hydrogen-bond acceptors (Lipinski definition) is 8. The van der Waals surface area contributed by atoms with Crippen LogP contribution in [0.5, 0.6) is 0 Å². The number of ketones is 2. The van der Waals surface area contributed by atoms with Crippen molar-refractivity contribution in [3.05, 3.63) is 71.3 Å². The zero-order valence-electron chi connectivity index (χ0n) is 21.2. The summed E-state index contributed by atoms with van der Waals surface area (Å²) in [5.41, 5.74) is -7.52. The van der Waals surface area contributed by atoms with Gasteiger partial charge in [0.05, 0.1) is 10.8 Å². The average molecular weight is 497 g/mol. The summed E-state index contributed by atoms with van der Waals surface area (Å²) >= 11 is 0. The topological polar surface area (TPSA) is 134 Å². The Morgan fingerprint density at radius 3 is 1.33 bits per heavy atom. The molecule has 0 aromatic heterocycles. The minimum atomic E-state index is -2.26. The number of hydrogen-bond donors (Lipinski definition) is 4. The second kappa shape index (κ2) is 6.95. The summed E-state index contributed by atoms with van der Waals surface area (Å²) in [6.45, 7) is 9.48. The monoisotopic (exact) mass is 496 g/mol. The molecular formula is C28H32O8. The van der Waals surface area contributed by atoms with Crippen molar-refractivity contribution in [2.75, 3.05) is 0 Å². The third-order valence-corrected chi connectivity index (χ3v) is 9.41. The molecule has 0 spiro atoms. The zero-order valence-corrected chi connectivity index (χ0v) is 21.2. The number of aliphatic hydroxyl groups excluding tert-OH is 2. The van der Waals surface area contributed by atoms with Gasteiger partial charge in [0.1, 0.15) is 22.7 Å². The van der Waals surface area contributed by atoms with E-state index in [1.807, 2.05) is 0 Å². The summed E-state index contributed by atoms with van der Waals surface area (Å²) in [4.78, 5) is 28.7. The van der Waals surface area contributed by atoms with Crippen LogP contribution in [0.2, 0.25) is 0 Å². The van der Waals surface area contributed by atoms with E-state index in [1.165, 1.54) is 39.8 Å². The molecule has 0 aromatic rings. The van der Waals surface area contributed by atoms with Gasteiger partial charge in [0.15, 0.2) is 11.6 Å². The van der Waals surface area contributed by atoms with E-state index in [4.69, 9.17) is 9.47 Å². The highest BCUT2D eigenvalue weighted by molar-refractivity contribution is 6.13. The summed E-state index contributed by atoms with van der Waals surface area (Å²) in [6, 6.07) is 0. The smallest absolute Gasteiger partial charge is 0.210 e. The molecule has 2 aliphatic heterocycles. The van der Waals surface area contributed by atoms with Gasteiger partial charge in [-0.3, -0.25) is 9.59 Å². The molecule has 8 nitrogen and oxygen atoms in total. The minimum Gasteiger partial charge on any atom is -0.508 e. The molecule has 192 valence electrons. The van der Waals surface area contributed by atoms with Gasteiger partial charge in [-0.2, -0.15) is 0 Å². The molecule has 5 aliphatic rings. The molecule has 8 atom stereocenters. The van der Waals surface area contributed by atoms with E-state index in [9.17, 15) is 30.0 Å². The lowest BCUT2D eigenvalue weighted by Gasteiger charge is -2.58. The third kappa shape index (κ3) is 2.15. The molecule has 36 heavy (non-hydrogen) atoms. The molecule has 0 radical (unpaired) electrons. The maximum Gasteiger partial charge on any atom is 0.210 e. The van der Waals surface area contributed by atoms with Gasteiger partial charge in [-0.15, -0.1) is 0 Å². The Hall–Kier alpha value is -2.78. The van der Waals surface area contributed by atoms with Crippen LogP contribution in [-0.2, 0) is 19.1 Å². The number of ether oxygens (including phenoxy) is 2. The quantitative estimate of drug-likeness (QED) is 0.265. The number of allylic oxidation sites excluding steroid dienone is 8. The molecule has 8 heteroatoms. The van der Waals surface area contributed by atoms with Crippen LogP contribution in [-0.4, -0.2) is 54.8 Å². The van der Waals surface area contributed by atoms with Gasteiger partial charge >= 0.3 is 0 Å². The number of carbonyl (C=O) groups is 2. The van der Waals surface area contributed by atoms with E-state index in [0.29, 0.717) is 0 Å². The van der Waals surface area contributed by atoms with Gasteiger partial charge in [-0.25, -0.2) is 0 Å². The van der Waals surface area contributed by atoms with Gasteiger partial charge in [0.25, 0.3) is 0 Å². The van der Waals surface area contributed by atoms with E-state index >= 15 is 0 Å². The minimum absolute atomic E-state index is 0.113. The number of Topliss-reactive ketones (excluding diaryl/α,β-unsaturated/α-hetero) is 2. The van der Waals surface area contributed by atoms with Crippen LogP contribution in [0.15, 0.2) is 71.3 Å². The van der Waals surface area contributed by atoms with Crippen LogP contribution in [0.4, 0.5) is 0 Å². The van der Waals surface area contributed by atoms with Crippen LogP contribution in [0.1, 0.15) is 41.5 Å². The Morgan fingerprint density at radius 2 is 1.03 bits per heavy atom. The number of aliphatic hydroxyl groups is 4. The first-order chi connectivity index (χ1) is 16.7. The van der Waals surface area contributed by atoms with Gasteiger partial charge < -0.3 is 29.9 Å². The Labute approximate surface area is 209 Å². The van der Waals surface area contributed by atoms with Crippen molar-refractivity contribution in [2.45, 2.75) is 64.3 Å². The summed E-state index contributed by atoms with van der Waals surface area (Å²) in [5, 5.41) is 46.6. The maximum atomic E-state index is 14.3. The molecule has 5 rings (SSSR count). The fourth-order valence-electron chi connectivity index (χ4n) is 7.94. The molecule has 0 amide bonds. The molecule has 5 fully saturated rings. The Morgan fingerprint density at radius 1 is 0.694 bits per heavy atom. The Kier molecular flexibility index (Phi) is 4.81. The lowest BCUT2D eigenvalue weighted by Crippen LogP contribution is -2.74. The first-order valence-corrected chi connectivity index (χ1v) is 12.1. The second-order valence-electron chi connectivity index (χ2n) is 11.0. The van der Waals surface area contributed by atoms with Gasteiger partial charge in [-0.1, -0.05) is 36.5 Å². The molecule has 0 unspecified atom stereocenters. The summed E-state index contributed by atoms with van der Waals surface area (Å²) < 4.78 is 12.5. The van der Waals surface area contributed by atoms with E-state index in [-0.39, 0.29) is 22.7 Å². The fourth-order valence-corrected chi connectivity index (χ4v) is 7.94. The van der Waals surface area contributed by atoms with E-state index < -0.39 is 57.0 Å². The number of rotatable bonds is 4. The molecule has 0 aromatic carbocycles. The van der Waals surface area contributed by atoms with Crippen LogP contribution < -0.4 is 0 Å². The first-order valence-electron chi connectivity index (χ1n) is 12.1. The van der Waals surface area contributed by atoms with E-state index in [0.717, 1.165) is 0 Å². The van der Waals surface area contributed by atoms with E-state index in [2.05, 4.69) is 0 Å². The number of carbonyl (C=O) groups excluding carboxylic acids is 2. The third-order valence-electron chi connectivity index (χ3n) is 9.41. The van der Waals surface area contributed by atoms with Gasteiger partial charge in [0.2, 0.25) is 11.6 Å². The van der Waals surface area contributed by atoms with Crippen LogP contribution >= 0.6 is 0 Å². The van der Waals surface area contributed by atoms with Crippen molar-refractivity contribution in [3.63, 3.8) is 0 Å². The lowest BCUT2D eigenvalue weighted by atomic mass is 9.39. The van der Waals surface area contributed by atoms with Crippen molar-refractivity contribution in [1.82, 2.24) is 0 Å². The van der Waals surface area contributed by atoms with Crippen molar-refractivity contribution in [3.8, 4) is 0 Å². The average Bonchev–Trinajstić information content (AvgIpc) is 3.12. The highest BCUT2D eigenvalue weighted by Gasteiger charge is 2.99. The molecule has 4 N–H and O–H groups in total.